The number of amides is 1. The van der Waals surface area contributed by atoms with Crippen molar-refractivity contribution in [3.8, 4) is 0 Å². The highest BCUT2D eigenvalue weighted by molar-refractivity contribution is 5.99. The van der Waals surface area contributed by atoms with Crippen LogP contribution in [0.1, 0.15) is 22.5 Å². The first kappa shape index (κ1) is 15.0. The van der Waals surface area contributed by atoms with Gasteiger partial charge in [-0.05, 0) is 30.2 Å². The molecule has 2 aromatic heterocycles. The van der Waals surface area contributed by atoms with Crippen LogP contribution in [0.3, 0.4) is 0 Å². The lowest BCUT2D eigenvalue weighted by Gasteiger charge is -2.26. The maximum atomic E-state index is 12.8. The molecule has 0 atom stereocenters. The molecule has 0 saturated carbocycles. The summed E-state index contributed by atoms with van der Waals surface area (Å²) in [4.78, 5) is 21.3. The Labute approximate surface area is 151 Å². The molecule has 3 heterocycles. The fourth-order valence-electron chi connectivity index (χ4n) is 3.79. The van der Waals surface area contributed by atoms with Crippen LogP contribution in [0.15, 0.2) is 66.9 Å². The average Bonchev–Trinajstić information content (AvgIpc) is 3.32. The molecule has 0 saturated heterocycles. The quantitative estimate of drug-likeness (QED) is 0.551. The maximum Gasteiger partial charge on any atom is 0.270 e. The Hall–Kier alpha value is -3.27. The van der Waals surface area contributed by atoms with Crippen molar-refractivity contribution in [2.24, 2.45) is 0 Å². The normalized spacial score (nSPS) is 14.8. The van der Waals surface area contributed by atoms with Crippen molar-refractivity contribution < 1.29 is 4.79 Å². The second-order valence-electron chi connectivity index (χ2n) is 6.75. The Morgan fingerprint density at radius 2 is 1.81 bits per heavy atom. The van der Waals surface area contributed by atoms with Crippen molar-refractivity contribution >= 4 is 33.3 Å². The molecular weight excluding hydrogens is 322 g/mol. The van der Waals surface area contributed by atoms with E-state index in [-0.39, 0.29) is 5.91 Å². The lowest BCUT2D eigenvalue weighted by molar-refractivity contribution is 0.0768. The number of fused-ring (bicyclic) bond motifs is 2. The van der Waals surface area contributed by atoms with Gasteiger partial charge in [0.1, 0.15) is 5.69 Å². The number of para-hydroxylation sites is 2. The van der Waals surface area contributed by atoms with Gasteiger partial charge in [-0.25, -0.2) is 0 Å². The summed E-state index contributed by atoms with van der Waals surface area (Å²) in [6.07, 6.45) is 5.12. The third-order valence-electron chi connectivity index (χ3n) is 5.19. The van der Waals surface area contributed by atoms with Crippen LogP contribution in [0.25, 0.3) is 27.4 Å². The van der Waals surface area contributed by atoms with E-state index in [2.05, 4.69) is 40.4 Å². The van der Waals surface area contributed by atoms with Gasteiger partial charge in [0.05, 0.1) is 0 Å². The van der Waals surface area contributed by atoms with E-state index in [9.17, 15) is 4.79 Å². The van der Waals surface area contributed by atoms with Crippen LogP contribution >= 0.6 is 0 Å². The number of H-pyrrole nitrogens is 2. The SMILES string of the molecule is O=C(c1cc2ccccc2[nH]1)N1CC=C(c2c[nH]c3ccccc23)CC1. The number of benzene rings is 2. The fraction of sp³-hybridized carbons (Fsp3) is 0.136. The number of carbonyl (C=O) groups excluding carboxylic acids is 1. The Kier molecular flexibility index (Phi) is 3.42. The summed E-state index contributed by atoms with van der Waals surface area (Å²) in [5.41, 5.74) is 5.37. The second-order valence-corrected chi connectivity index (χ2v) is 6.75. The zero-order valence-corrected chi connectivity index (χ0v) is 14.3. The number of hydrogen-bond donors (Lipinski definition) is 2. The van der Waals surface area contributed by atoms with Crippen molar-refractivity contribution in [3.63, 3.8) is 0 Å². The van der Waals surface area contributed by atoms with E-state index in [0.717, 1.165) is 29.4 Å². The maximum absolute atomic E-state index is 12.8. The number of hydrogen-bond acceptors (Lipinski definition) is 1. The zero-order chi connectivity index (χ0) is 17.5. The van der Waals surface area contributed by atoms with Gasteiger partial charge < -0.3 is 14.9 Å². The molecule has 128 valence electrons. The third kappa shape index (κ3) is 2.42. The van der Waals surface area contributed by atoms with Gasteiger partial charge in [0.15, 0.2) is 0 Å². The van der Waals surface area contributed by atoms with Crippen LogP contribution in [0, 0.1) is 0 Å². The highest BCUT2D eigenvalue weighted by Gasteiger charge is 2.21. The zero-order valence-electron chi connectivity index (χ0n) is 14.3. The Morgan fingerprint density at radius 3 is 2.62 bits per heavy atom. The van der Waals surface area contributed by atoms with Crippen molar-refractivity contribution in [2.45, 2.75) is 6.42 Å². The predicted molar refractivity (Wildman–Crippen MR) is 105 cm³/mol. The van der Waals surface area contributed by atoms with Gasteiger partial charge in [-0.2, -0.15) is 0 Å². The number of rotatable bonds is 2. The predicted octanol–water partition coefficient (Wildman–Crippen LogP) is 4.58. The summed E-state index contributed by atoms with van der Waals surface area (Å²) < 4.78 is 0. The summed E-state index contributed by atoms with van der Waals surface area (Å²) in [7, 11) is 0. The number of nitrogens with one attached hydrogen (secondary N) is 2. The first-order valence-electron chi connectivity index (χ1n) is 8.92. The molecule has 26 heavy (non-hydrogen) atoms. The third-order valence-corrected chi connectivity index (χ3v) is 5.19. The van der Waals surface area contributed by atoms with Crippen LogP contribution in [-0.2, 0) is 0 Å². The molecule has 4 aromatic rings. The van der Waals surface area contributed by atoms with Crippen LogP contribution in [0.4, 0.5) is 0 Å². The summed E-state index contributed by atoms with van der Waals surface area (Å²) in [5.74, 6) is 0.0652. The average molecular weight is 341 g/mol. The molecule has 0 fully saturated rings. The van der Waals surface area contributed by atoms with Gasteiger partial charge in [-0.3, -0.25) is 4.79 Å². The van der Waals surface area contributed by atoms with E-state index >= 15 is 0 Å². The molecule has 5 rings (SSSR count). The molecular formula is C22H19N3O. The molecule has 2 N–H and O–H groups in total. The molecule has 0 aliphatic carbocycles. The van der Waals surface area contributed by atoms with Gasteiger partial charge in [-0.15, -0.1) is 0 Å². The molecule has 0 unspecified atom stereocenters. The van der Waals surface area contributed by atoms with E-state index in [4.69, 9.17) is 0 Å². The Bertz CT molecular complexity index is 1120. The topological polar surface area (TPSA) is 51.9 Å². The molecule has 4 heteroatoms. The van der Waals surface area contributed by atoms with Crippen molar-refractivity contribution in [1.29, 1.82) is 0 Å². The van der Waals surface area contributed by atoms with Crippen molar-refractivity contribution in [1.82, 2.24) is 14.9 Å². The standard InChI is InChI=1S/C22H19N3O/c26-22(21-13-16-5-1-3-7-19(16)24-21)25-11-9-15(10-12-25)18-14-23-20-8-4-2-6-17(18)20/h1-9,13-14,23-24H,10-12H2. The van der Waals surface area contributed by atoms with E-state index < -0.39 is 0 Å². The van der Waals surface area contributed by atoms with E-state index in [1.807, 2.05) is 41.3 Å². The molecule has 1 aliphatic rings. The van der Waals surface area contributed by atoms with Crippen LogP contribution in [0.2, 0.25) is 0 Å². The minimum atomic E-state index is 0.0652. The van der Waals surface area contributed by atoms with Crippen LogP contribution in [-0.4, -0.2) is 33.9 Å². The summed E-state index contributed by atoms with van der Waals surface area (Å²) in [6, 6.07) is 18.3. The van der Waals surface area contributed by atoms with E-state index in [1.54, 1.807) is 0 Å². The summed E-state index contributed by atoms with van der Waals surface area (Å²) >= 11 is 0. The second kappa shape index (κ2) is 5.92. The summed E-state index contributed by atoms with van der Waals surface area (Å²) in [6.45, 7) is 1.38. The van der Waals surface area contributed by atoms with Gasteiger partial charge >= 0.3 is 0 Å². The van der Waals surface area contributed by atoms with Crippen molar-refractivity contribution in [3.05, 3.63) is 78.1 Å². The Morgan fingerprint density at radius 1 is 1.00 bits per heavy atom. The first-order chi connectivity index (χ1) is 12.8. The van der Waals surface area contributed by atoms with Gasteiger partial charge in [0, 0.05) is 46.7 Å². The number of aromatic nitrogens is 2. The van der Waals surface area contributed by atoms with Gasteiger partial charge in [0.2, 0.25) is 0 Å². The molecule has 4 nitrogen and oxygen atoms in total. The van der Waals surface area contributed by atoms with Gasteiger partial charge in [0.25, 0.3) is 5.91 Å². The lowest BCUT2D eigenvalue weighted by Crippen LogP contribution is -2.34. The monoisotopic (exact) mass is 341 g/mol. The molecule has 0 bridgehead atoms. The minimum absolute atomic E-state index is 0.0652. The van der Waals surface area contributed by atoms with Crippen LogP contribution < -0.4 is 0 Å². The molecule has 1 amide bonds. The minimum Gasteiger partial charge on any atom is -0.361 e. The Balaban J connectivity index is 1.39. The first-order valence-corrected chi connectivity index (χ1v) is 8.92. The van der Waals surface area contributed by atoms with Crippen LogP contribution in [0.5, 0.6) is 0 Å². The number of carbonyl (C=O) groups is 1. The highest BCUT2D eigenvalue weighted by Crippen LogP contribution is 2.29. The highest BCUT2D eigenvalue weighted by atomic mass is 16.2. The van der Waals surface area contributed by atoms with Gasteiger partial charge in [-0.1, -0.05) is 42.5 Å². The molecule has 0 radical (unpaired) electrons. The van der Waals surface area contributed by atoms with E-state index in [0.29, 0.717) is 12.2 Å². The largest absolute Gasteiger partial charge is 0.361 e. The molecule has 2 aromatic carbocycles. The molecule has 1 aliphatic heterocycles. The number of nitrogens with zero attached hydrogens (tertiary/aromatic N) is 1. The summed E-state index contributed by atoms with van der Waals surface area (Å²) in [5, 5.41) is 2.32. The lowest BCUT2D eigenvalue weighted by atomic mass is 9.99. The van der Waals surface area contributed by atoms with E-state index in [1.165, 1.54) is 16.5 Å². The smallest absolute Gasteiger partial charge is 0.270 e. The molecule has 0 spiro atoms. The fourth-order valence-corrected chi connectivity index (χ4v) is 3.79. The number of aromatic amines is 2. The van der Waals surface area contributed by atoms with Crippen molar-refractivity contribution in [2.75, 3.05) is 13.1 Å².